The molecule has 4 atom stereocenters. The summed E-state index contributed by atoms with van der Waals surface area (Å²) >= 11 is 5.99. The Kier molecular flexibility index (Phi) is 6.75. The molecule has 1 aliphatic carbocycles. The van der Waals surface area contributed by atoms with Crippen molar-refractivity contribution in [3.63, 3.8) is 0 Å². The van der Waals surface area contributed by atoms with Gasteiger partial charge in [0.2, 0.25) is 5.95 Å². The van der Waals surface area contributed by atoms with Crippen LogP contribution in [-0.4, -0.2) is 57.1 Å². The first-order valence-corrected chi connectivity index (χ1v) is 12.2. The molecule has 1 unspecified atom stereocenters. The van der Waals surface area contributed by atoms with Gasteiger partial charge in [-0.25, -0.2) is 19.0 Å². The lowest BCUT2D eigenvalue weighted by molar-refractivity contribution is 0.0973. The van der Waals surface area contributed by atoms with Gasteiger partial charge in [-0.2, -0.15) is 4.98 Å². The number of aromatic nitrogens is 5. The van der Waals surface area contributed by atoms with Crippen LogP contribution in [0.4, 0.5) is 16.2 Å². The zero-order valence-corrected chi connectivity index (χ0v) is 20.7. The highest BCUT2D eigenvalue weighted by Gasteiger charge is 2.43. The van der Waals surface area contributed by atoms with Crippen LogP contribution >= 0.6 is 11.6 Å². The second-order valence-electron chi connectivity index (χ2n) is 9.34. The number of methoxy groups -OCH3 is 1. The van der Waals surface area contributed by atoms with Crippen LogP contribution in [0.25, 0.3) is 0 Å². The van der Waals surface area contributed by atoms with Crippen LogP contribution in [0.5, 0.6) is 11.8 Å². The standard InChI is InChI=1S/C24H29ClFN7O2/c1-14-6-21(28-13-27-14)32-11-16-4-5-17(12-32)22(16)29-23-30-24(33(31-23)10-15(2)34-3)35-20-8-18(25)7-19(26)9-20/h6-9,13,15-17,22H,4-5,10-12H2,1-3H3,(H,29,31)/t15?,16-,17+,22-. The maximum absolute atomic E-state index is 13.8. The minimum Gasteiger partial charge on any atom is -0.424 e. The Morgan fingerprint density at radius 1 is 1.17 bits per heavy atom. The Balaban J connectivity index is 1.34. The van der Waals surface area contributed by atoms with Gasteiger partial charge in [-0.15, -0.1) is 5.10 Å². The van der Waals surface area contributed by atoms with Crippen molar-refractivity contribution >= 4 is 23.4 Å². The molecule has 2 bridgehead atoms. The monoisotopic (exact) mass is 501 g/mol. The number of anilines is 2. The highest BCUT2D eigenvalue weighted by Crippen LogP contribution is 2.40. The average molecular weight is 502 g/mol. The molecule has 3 aromatic rings. The van der Waals surface area contributed by atoms with Gasteiger partial charge in [0.15, 0.2) is 0 Å². The van der Waals surface area contributed by atoms with Crippen LogP contribution in [0.2, 0.25) is 5.02 Å². The van der Waals surface area contributed by atoms with Crippen molar-refractivity contribution in [2.75, 3.05) is 30.4 Å². The Morgan fingerprint density at radius 2 is 1.94 bits per heavy atom. The minimum absolute atomic E-state index is 0.112. The van der Waals surface area contributed by atoms with Crippen LogP contribution in [0.3, 0.4) is 0 Å². The van der Waals surface area contributed by atoms with Crippen molar-refractivity contribution < 1.29 is 13.9 Å². The van der Waals surface area contributed by atoms with Crippen molar-refractivity contribution in [2.45, 2.75) is 45.4 Å². The van der Waals surface area contributed by atoms with Crippen molar-refractivity contribution in [2.24, 2.45) is 11.8 Å². The average Bonchev–Trinajstić information content (AvgIpc) is 3.27. The summed E-state index contributed by atoms with van der Waals surface area (Å²) in [5.41, 5.74) is 0.967. The number of benzene rings is 1. The van der Waals surface area contributed by atoms with Gasteiger partial charge in [-0.05, 0) is 50.7 Å². The fourth-order valence-electron chi connectivity index (χ4n) is 5.00. The Hall–Kier alpha value is -2.98. The maximum Gasteiger partial charge on any atom is 0.322 e. The molecule has 5 rings (SSSR count). The molecule has 186 valence electrons. The number of fused-ring (bicyclic) bond motifs is 2. The van der Waals surface area contributed by atoms with E-state index in [1.54, 1.807) is 24.2 Å². The molecule has 1 saturated heterocycles. The van der Waals surface area contributed by atoms with Gasteiger partial charge >= 0.3 is 6.01 Å². The molecule has 0 amide bonds. The summed E-state index contributed by atoms with van der Waals surface area (Å²) in [5, 5.41) is 8.46. The molecule has 2 aromatic heterocycles. The van der Waals surface area contributed by atoms with E-state index in [9.17, 15) is 4.39 Å². The van der Waals surface area contributed by atoms with Gasteiger partial charge < -0.3 is 19.7 Å². The summed E-state index contributed by atoms with van der Waals surface area (Å²) in [6.07, 6.45) is 3.78. The van der Waals surface area contributed by atoms with Gasteiger partial charge in [-0.3, -0.25) is 0 Å². The van der Waals surface area contributed by atoms with E-state index in [1.165, 1.54) is 12.1 Å². The largest absolute Gasteiger partial charge is 0.424 e. The van der Waals surface area contributed by atoms with Crippen molar-refractivity contribution in [3.8, 4) is 11.8 Å². The third-order valence-electron chi connectivity index (χ3n) is 6.76. The Labute approximate surface area is 208 Å². The van der Waals surface area contributed by atoms with E-state index in [1.807, 2.05) is 19.9 Å². The lowest BCUT2D eigenvalue weighted by Gasteiger charge is -2.38. The Morgan fingerprint density at radius 3 is 2.63 bits per heavy atom. The zero-order valence-electron chi connectivity index (χ0n) is 20.0. The van der Waals surface area contributed by atoms with Gasteiger partial charge in [-0.1, -0.05) is 11.6 Å². The SMILES string of the molecule is COC(C)Cn1nc(N[C@@H]2[C@@H]3CC[C@H]2CN(c2cc(C)ncn2)C3)nc1Oc1cc(F)cc(Cl)c1. The lowest BCUT2D eigenvalue weighted by atomic mass is 9.92. The molecule has 0 spiro atoms. The third-order valence-corrected chi connectivity index (χ3v) is 6.98. The molecule has 3 heterocycles. The predicted molar refractivity (Wildman–Crippen MR) is 131 cm³/mol. The number of rotatable bonds is 8. The molecular weight excluding hydrogens is 473 g/mol. The maximum atomic E-state index is 13.8. The highest BCUT2D eigenvalue weighted by atomic mass is 35.5. The minimum atomic E-state index is -0.482. The first-order valence-electron chi connectivity index (χ1n) is 11.8. The number of nitrogens with zero attached hydrogens (tertiary/aromatic N) is 6. The van der Waals surface area contributed by atoms with Crippen LogP contribution in [0.15, 0.2) is 30.6 Å². The fourth-order valence-corrected chi connectivity index (χ4v) is 5.21. The quantitative estimate of drug-likeness (QED) is 0.488. The molecule has 1 aliphatic heterocycles. The summed E-state index contributed by atoms with van der Waals surface area (Å²) in [6.45, 7) is 6.18. The molecule has 11 heteroatoms. The van der Waals surface area contributed by atoms with Gasteiger partial charge in [0, 0.05) is 49.1 Å². The molecule has 2 aliphatic rings. The molecule has 1 aromatic carbocycles. The van der Waals surface area contributed by atoms with Crippen LogP contribution in [0.1, 0.15) is 25.5 Å². The fraction of sp³-hybridized carbons (Fsp3) is 0.500. The van der Waals surface area contributed by atoms with Gasteiger partial charge in [0.1, 0.15) is 23.7 Å². The molecule has 2 fully saturated rings. The zero-order chi connectivity index (χ0) is 24.5. The summed E-state index contributed by atoms with van der Waals surface area (Å²) < 4.78 is 26.8. The summed E-state index contributed by atoms with van der Waals surface area (Å²) in [5.74, 6) is 2.13. The number of hydrogen-bond acceptors (Lipinski definition) is 8. The molecule has 1 saturated carbocycles. The summed E-state index contributed by atoms with van der Waals surface area (Å²) in [6, 6.07) is 6.57. The molecule has 35 heavy (non-hydrogen) atoms. The van der Waals surface area contributed by atoms with E-state index in [0.29, 0.717) is 24.3 Å². The summed E-state index contributed by atoms with van der Waals surface area (Å²) in [4.78, 5) is 15.6. The smallest absolute Gasteiger partial charge is 0.322 e. The van der Waals surface area contributed by atoms with Gasteiger partial charge in [0.05, 0.1) is 12.6 Å². The van der Waals surface area contributed by atoms with Crippen molar-refractivity contribution in [1.82, 2.24) is 24.7 Å². The van der Waals surface area contributed by atoms with E-state index in [0.717, 1.165) is 37.4 Å². The van der Waals surface area contributed by atoms with Crippen molar-refractivity contribution in [3.05, 3.63) is 47.1 Å². The van der Waals surface area contributed by atoms with E-state index < -0.39 is 5.82 Å². The number of hydrogen-bond donors (Lipinski definition) is 1. The topological polar surface area (TPSA) is 90.2 Å². The highest BCUT2D eigenvalue weighted by molar-refractivity contribution is 6.30. The van der Waals surface area contributed by atoms with Crippen LogP contribution < -0.4 is 15.0 Å². The van der Waals surface area contributed by atoms with E-state index >= 15 is 0 Å². The second-order valence-corrected chi connectivity index (χ2v) is 9.78. The van der Waals surface area contributed by atoms with Crippen LogP contribution in [0, 0.1) is 24.6 Å². The Bertz CT molecular complexity index is 1160. The van der Waals surface area contributed by atoms with E-state index in [2.05, 4.69) is 30.3 Å². The first-order chi connectivity index (χ1) is 16.9. The van der Waals surface area contributed by atoms with Gasteiger partial charge in [0.25, 0.3) is 0 Å². The van der Waals surface area contributed by atoms with Crippen molar-refractivity contribution in [1.29, 1.82) is 0 Å². The number of piperidine rings is 1. The number of halogens is 2. The molecular formula is C24H29ClFN7O2. The predicted octanol–water partition coefficient (Wildman–Crippen LogP) is 4.32. The van der Waals surface area contributed by atoms with E-state index in [4.69, 9.17) is 21.1 Å². The first kappa shape index (κ1) is 23.7. The van der Waals surface area contributed by atoms with E-state index in [-0.39, 0.29) is 28.9 Å². The molecule has 9 nitrogen and oxygen atoms in total. The molecule has 0 radical (unpaired) electrons. The molecule has 1 N–H and O–H groups in total. The number of nitrogens with one attached hydrogen (secondary N) is 1. The lowest BCUT2D eigenvalue weighted by Crippen LogP contribution is -2.48. The normalized spacial score (nSPS) is 22.3. The third kappa shape index (κ3) is 5.33. The number of aryl methyl sites for hydroxylation is 1. The number of ether oxygens (including phenoxy) is 2. The second kappa shape index (κ2) is 9.94. The summed E-state index contributed by atoms with van der Waals surface area (Å²) in [7, 11) is 1.64. The van der Waals surface area contributed by atoms with Crippen LogP contribution in [-0.2, 0) is 11.3 Å².